The van der Waals surface area contributed by atoms with Crippen LogP contribution in [0.1, 0.15) is 12.5 Å². The van der Waals surface area contributed by atoms with Gasteiger partial charge in [0, 0.05) is 16.1 Å². The average molecular weight is 517 g/mol. The van der Waals surface area contributed by atoms with Crippen LogP contribution in [0.2, 0.25) is 0 Å². The third-order valence-electron chi connectivity index (χ3n) is 4.64. The lowest BCUT2D eigenvalue weighted by molar-refractivity contribution is -0.145. The maximum atomic E-state index is 13.2. The summed E-state index contributed by atoms with van der Waals surface area (Å²) < 4.78 is 21.6. The van der Waals surface area contributed by atoms with Crippen LogP contribution in [-0.4, -0.2) is 43.8 Å². The second kappa shape index (κ2) is 9.33. The summed E-state index contributed by atoms with van der Waals surface area (Å²) in [7, 11) is 0. The summed E-state index contributed by atoms with van der Waals surface area (Å²) in [6.45, 7) is 1.55. The van der Waals surface area contributed by atoms with Crippen molar-refractivity contribution >= 4 is 51.5 Å². The van der Waals surface area contributed by atoms with Gasteiger partial charge in [0.2, 0.25) is 6.79 Å². The Balaban J connectivity index is 1.66. The van der Waals surface area contributed by atoms with Crippen LogP contribution in [-0.2, 0) is 19.1 Å². The van der Waals surface area contributed by atoms with Gasteiger partial charge in [-0.15, -0.1) is 0 Å². The molecule has 0 aliphatic carbocycles. The van der Waals surface area contributed by atoms with E-state index in [4.69, 9.17) is 18.9 Å². The fourth-order valence-electron chi connectivity index (χ4n) is 3.17. The van der Waals surface area contributed by atoms with Gasteiger partial charge in [0.05, 0.1) is 12.3 Å². The van der Waals surface area contributed by atoms with Gasteiger partial charge in [-0.3, -0.25) is 14.9 Å². The molecule has 0 radical (unpaired) electrons. The smallest absolute Gasteiger partial charge is 0.344 e. The molecule has 0 atom stereocenters. The molecule has 33 heavy (non-hydrogen) atoms. The number of carbonyl (C=O) groups is 4. The van der Waals surface area contributed by atoms with Crippen molar-refractivity contribution in [3.8, 4) is 17.2 Å². The molecule has 4 amide bonds. The minimum absolute atomic E-state index is 0.0278. The summed E-state index contributed by atoms with van der Waals surface area (Å²) >= 11 is 3.33. The fraction of sp³-hybridized carbons (Fsp3) is 0.182. The lowest BCUT2D eigenvalue weighted by atomic mass is 10.1. The highest BCUT2D eigenvalue weighted by atomic mass is 79.9. The predicted octanol–water partition coefficient (Wildman–Crippen LogP) is 2.79. The molecule has 11 heteroatoms. The Morgan fingerprint density at radius 1 is 1.15 bits per heavy atom. The third-order valence-corrected chi connectivity index (χ3v) is 5.13. The first-order valence-corrected chi connectivity index (χ1v) is 10.6. The Labute approximate surface area is 196 Å². The van der Waals surface area contributed by atoms with Crippen molar-refractivity contribution in [1.29, 1.82) is 0 Å². The molecule has 0 aromatic heterocycles. The molecule has 0 bridgehead atoms. The van der Waals surface area contributed by atoms with Crippen LogP contribution >= 0.6 is 15.9 Å². The first-order chi connectivity index (χ1) is 15.9. The number of rotatable bonds is 6. The summed E-state index contributed by atoms with van der Waals surface area (Å²) in [5, 5.41) is 2.16. The van der Waals surface area contributed by atoms with Crippen LogP contribution in [0.15, 0.2) is 46.4 Å². The van der Waals surface area contributed by atoms with Crippen molar-refractivity contribution in [2.45, 2.75) is 6.92 Å². The van der Waals surface area contributed by atoms with E-state index < -0.39 is 23.8 Å². The zero-order valence-electron chi connectivity index (χ0n) is 17.3. The molecule has 2 heterocycles. The summed E-state index contributed by atoms with van der Waals surface area (Å²) in [6, 6.07) is 8.50. The molecule has 2 aromatic carbocycles. The molecule has 0 unspecified atom stereocenters. The Hall–Kier alpha value is -3.86. The SMILES string of the molecule is CCOC(=O)COc1ccc(Br)cc1/C=C1\C(=O)NC(=O)N(c2ccc3c(c2)OCO3)C1=O. The topological polar surface area (TPSA) is 120 Å². The van der Waals surface area contributed by atoms with Gasteiger partial charge in [-0.25, -0.2) is 14.5 Å². The summed E-state index contributed by atoms with van der Waals surface area (Å²) in [4.78, 5) is 50.6. The number of halogens is 1. The van der Waals surface area contributed by atoms with Gasteiger partial charge >= 0.3 is 12.0 Å². The molecule has 2 aromatic rings. The molecule has 0 spiro atoms. The number of nitrogens with one attached hydrogen (secondary N) is 1. The van der Waals surface area contributed by atoms with Gasteiger partial charge in [0.1, 0.15) is 11.3 Å². The van der Waals surface area contributed by atoms with Crippen LogP contribution in [0.25, 0.3) is 6.08 Å². The number of hydrogen-bond acceptors (Lipinski definition) is 8. The second-order valence-corrected chi connectivity index (χ2v) is 7.69. The van der Waals surface area contributed by atoms with Crippen LogP contribution in [0.4, 0.5) is 10.5 Å². The number of hydrogen-bond donors (Lipinski definition) is 1. The Morgan fingerprint density at radius 2 is 1.94 bits per heavy atom. The lowest BCUT2D eigenvalue weighted by Crippen LogP contribution is -2.54. The third kappa shape index (κ3) is 4.67. The van der Waals surface area contributed by atoms with E-state index in [0.29, 0.717) is 21.5 Å². The number of urea groups is 1. The molecule has 0 saturated carbocycles. The highest BCUT2D eigenvalue weighted by molar-refractivity contribution is 9.10. The molecule has 1 saturated heterocycles. The molecule has 4 rings (SSSR count). The summed E-state index contributed by atoms with van der Waals surface area (Å²) in [6.07, 6.45) is 1.29. The van der Waals surface area contributed by atoms with Crippen LogP contribution in [0.5, 0.6) is 17.2 Å². The highest BCUT2D eigenvalue weighted by Gasteiger charge is 2.37. The molecular weight excluding hydrogens is 500 g/mol. The zero-order valence-corrected chi connectivity index (χ0v) is 18.8. The molecule has 2 aliphatic heterocycles. The van der Waals surface area contributed by atoms with Crippen molar-refractivity contribution in [2.75, 3.05) is 24.9 Å². The van der Waals surface area contributed by atoms with Gasteiger partial charge in [-0.05, 0) is 43.3 Å². The molecule has 1 fully saturated rings. The fourth-order valence-corrected chi connectivity index (χ4v) is 3.55. The van der Waals surface area contributed by atoms with Gasteiger partial charge in [-0.2, -0.15) is 0 Å². The normalized spacial score (nSPS) is 16.1. The lowest BCUT2D eigenvalue weighted by Gasteiger charge is -2.26. The zero-order chi connectivity index (χ0) is 23.5. The number of fused-ring (bicyclic) bond motifs is 1. The molecule has 170 valence electrons. The predicted molar refractivity (Wildman–Crippen MR) is 118 cm³/mol. The van der Waals surface area contributed by atoms with E-state index in [9.17, 15) is 19.2 Å². The number of benzene rings is 2. The van der Waals surface area contributed by atoms with E-state index in [2.05, 4.69) is 21.2 Å². The monoisotopic (exact) mass is 516 g/mol. The highest BCUT2D eigenvalue weighted by Crippen LogP contribution is 2.36. The maximum absolute atomic E-state index is 13.2. The van der Waals surface area contributed by atoms with E-state index in [1.807, 2.05) is 0 Å². The van der Waals surface area contributed by atoms with Crippen LogP contribution < -0.4 is 24.4 Å². The van der Waals surface area contributed by atoms with E-state index in [0.717, 1.165) is 4.90 Å². The number of esters is 1. The van der Waals surface area contributed by atoms with Crippen LogP contribution in [0, 0.1) is 0 Å². The maximum Gasteiger partial charge on any atom is 0.344 e. The number of barbiturate groups is 1. The molecule has 10 nitrogen and oxygen atoms in total. The first kappa shape index (κ1) is 22.3. The standard InChI is InChI=1S/C22H17BrN2O8/c1-2-30-19(26)10-31-16-5-3-13(23)7-12(16)8-15-20(27)24-22(29)25(21(15)28)14-4-6-17-18(9-14)33-11-32-17/h3-9H,2,10-11H2,1H3,(H,24,27,29)/b15-8+. The number of carbonyl (C=O) groups excluding carboxylic acids is 4. The minimum Gasteiger partial charge on any atom is -0.481 e. The van der Waals surface area contributed by atoms with Crippen molar-refractivity contribution < 1.29 is 38.1 Å². The average Bonchev–Trinajstić information content (AvgIpc) is 3.24. The number of ether oxygens (including phenoxy) is 4. The molecular formula is C22H17BrN2O8. The van der Waals surface area contributed by atoms with E-state index in [-0.39, 0.29) is 37.0 Å². The van der Waals surface area contributed by atoms with Gasteiger partial charge in [0.25, 0.3) is 11.8 Å². The van der Waals surface area contributed by atoms with Crippen molar-refractivity contribution in [3.05, 3.63) is 52.0 Å². The quantitative estimate of drug-likeness (QED) is 0.353. The Kier molecular flexibility index (Phi) is 6.31. The van der Waals surface area contributed by atoms with Crippen molar-refractivity contribution in [3.63, 3.8) is 0 Å². The number of amides is 4. The largest absolute Gasteiger partial charge is 0.481 e. The number of anilines is 1. The van der Waals surface area contributed by atoms with E-state index >= 15 is 0 Å². The number of imide groups is 2. The summed E-state index contributed by atoms with van der Waals surface area (Å²) in [5.74, 6) is -1.17. The Morgan fingerprint density at radius 3 is 2.73 bits per heavy atom. The van der Waals surface area contributed by atoms with Gasteiger partial charge in [0.15, 0.2) is 18.1 Å². The molecule has 2 aliphatic rings. The first-order valence-electron chi connectivity index (χ1n) is 9.76. The van der Waals surface area contributed by atoms with Crippen molar-refractivity contribution in [2.24, 2.45) is 0 Å². The van der Waals surface area contributed by atoms with Crippen molar-refractivity contribution in [1.82, 2.24) is 5.32 Å². The molecule has 1 N–H and O–H groups in total. The minimum atomic E-state index is -0.894. The van der Waals surface area contributed by atoms with Gasteiger partial charge < -0.3 is 18.9 Å². The number of nitrogens with zero attached hydrogens (tertiary/aromatic N) is 1. The van der Waals surface area contributed by atoms with Crippen LogP contribution in [0.3, 0.4) is 0 Å². The van der Waals surface area contributed by atoms with E-state index in [1.165, 1.54) is 18.2 Å². The Bertz CT molecular complexity index is 1190. The summed E-state index contributed by atoms with van der Waals surface area (Å²) in [5.41, 5.74) is 0.242. The van der Waals surface area contributed by atoms with E-state index in [1.54, 1.807) is 31.2 Å². The second-order valence-electron chi connectivity index (χ2n) is 6.77. The van der Waals surface area contributed by atoms with Gasteiger partial charge in [-0.1, -0.05) is 15.9 Å².